The van der Waals surface area contributed by atoms with Gasteiger partial charge < -0.3 is 10.1 Å². The Kier molecular flexibility index (Phi) is 5.20. The van der Waals surface area contributed by atoms with Gasteiger partial charge in [-0.05, 0) is 42.5 Å². The van der Waals surface area contributed by atoms with E-state index in [-0.39, 0.29) is 12.5 Å². The molecule has 2 aromatic rings. The molecule has 0 aromatic heterocycles. The molecule has 2 aromatic carbocycles. The normalized spacial score (nSPS) is 9.76. The number of ether oxygens (including phenoxy) is 1. The topological polar surface area (TPSA) is 62.1 Å². The summed E-state index contributed by atoms with van der Waals surface area (Å²) in [5.74, 6) is 0.296. The molecule has 0 saturated carbocycles. The van der Waals surface area contributed by atoms with Crippen LogP contribution >= 0.6 is 27.5 Å². The highest BCUT2D eigenvalue weighted by Crippen LogP contribution is 2.20. The van der Waals surface area contributed by atoms with Crippen LogP contribution in [0.3, 0.4) is 0 Å². The number of hydrogen-bond acceptors (Lipinski definition) is 3. The highest BCUT2D eigenvalue weighted by Gasteiger charge is 2.06. The number of rotatable bonds is 4. The molecular weight excluding hydrogens is 356 g/mol. The zero-order valence-corrected chi connectivity index (χ0v) is 13.1. The first-order chi connectivity index (χ1) is 10.1. The van der Waals surface area contributed by atoms with Crippen molar-refractivity contribution in [1.29, 1.82) is 5.26 Å². The van der Waals surface area contributed by atoms with Gasteiger partial charge in [0.05, 0.1) is 10.6 Å². The van der Waals surface area contributed by atoms with Gasteiger partial charge in [-0.15, -0.1) is 0 Å². The van der Waals surface area contributed by atoms with E-state index >= 15 is 0 Å². The van der Waals surface area contributed by atoms with Crippen molar-refractivity contribution in [2.45, 2.75) is 0 Å². The van der Waals surface area contributed by atoms with Crippen LogP contribution in [0.2, 0.25) is 5.02 Å². The van der Waals surface area contributed by atoms with Gasteiger partial charge >= 0.3 is 0 Å². The number of amides is 1. The maximum atomic E-state index is 11.8. The standard InChI is InChI=1S/C15H10BrClN2O2/c16-11-2-5-13(6-3-11)21-9-15(20)19-12-4-1-10(8-18)14(17)7-12/h1-7H,9H2,(H,19,20). The fourth-order valence-electron chi connectivity index (χ4n) is 1.56. The molecule has 1 amide bonds. The van der Waals surface area contributed by atoms with Crippen molar-refractivity contribution in [2.75, 3.05) is 11.9 Å². The summed E-state index contributed by atoms with van der Waals surface area (Å²) in [5.41, 5.74) is 0.879. The van der Waals surface area contributed by atoms with Gasteiger partial charge in [0, 0.05) is 10.2 Å². The first-order valence-electron chi connectivity index (χ1n) is 5.96. The summed E-state index contributed by atoms with van der Waals surface area (Å²) < 4.78 is 6.29. The number of anilines is 1. The molecule has 0 saturated heterocycles. The average molecular weight is 366 g/mol. The lowest BCUT2D eigenvalue weighted by atomic mass is 10.2. The van der Waals surface area contributed by atoms with Crippen molar-refractivity contribution in [1.82, 2.24) is 0 Å². The molecule has 0 bridgehead atoms. The van der Waals surface area contributed by atoms with Crippen LogP contribution in [0.4, 0.5) is 5.69 Å². The van der Waals surface area contributed by atoms with Gasteiger partial charge in [0.15, 0.2) is 6.61 Å². The van der Waals surface area contributed by atoms with E-state index in [4.69, 9.17) is 21.6 Å². The van der Waals surface area contributed by atoms with Crippen molar-refractivity contribution in [3.8, 4) is 11.8 Å². The minimum absolute atomic E-state index is 0.112. The first kappa shape index (κ1) is 15.4. The van der Waals surface area contributed by atoms with Gasteiger partial charge in [-0.1, -0.05) is 27.5 Å². The van der Waals surface area contributed by atoms with Gasteiger partial charge in [0.25, 0.3) is 5.91 Å². The highest BCUT2D eigenvalue weighted by molar-refractivity contribution is 9.10. The molecule has 1 N–H and O–H groups in total. The summed E-state index contributed by atoms with van der Waals surface area (Å²) >= 11 is 9.21. The van der Waals surface area contributed by atoms with Crippen molar-refractivity contribution in [3.05, 3.63) is 57.5 Å². The predicted octanol–water partition coefficient (Wildman–Crippen LogP) is 3.99. The molecule has 0 atom stereocenters. The molecule has 6 heteroatoms. The number of nitriles is 1. The zero-order valence-electron chi connectivity index (χ0n) is 10.8. The Morgan fingerprint density at radius 3 is 2.62 bits per heavy atom. The SMILES string of the molecule is N#Cc1ccc(NC(=O)COc2ccc(Br)cc2)cc1Cl. The van der Waals surface area contributed by atoms with Gasteiger partial charge in [-0.25, -0.2) is 0 Å². The summed E-state index contributed by atoms with van der Waals surface area (Å²) in [6, 6.07) is 13.8. The van der Waals surface area contributed by atoms with Gasteiger partial charge in [0.2, 0.25) is 0 Å². The number of halogens is 2. The minimum atomic E-state index is -0.307. The molecule has 0 aliphatic rings. The maximum Gasteiger partial charge on any atom is 0.262 e. The van der Waals surface area contributed by atoms with Crippen LogP contribution in [0.1, 0.15) is 5.56 Å². The Labute approximate surface area is 135 Å². The third-order valence-corrected chi connectivity index (χ3v) is 3.40. The number of hydrogen-bond donors (Lipinski definition) is 1. The number of carbonyl (C=O) groups excluding carboxylic acids is 1. The van der Waals surface area contributed by atoms with Gasteiger partial charge in [-0.2, -0.15) is 5.26 Å². The van der Waals surface area contributed by atoms with Crippen LogP contribution in [0.5, 0.6) is 5.75 Å². The van der Waals surface area contributed by atoms with Crippen LogP contribution < -0.4 is 10.1 Å². The van der Waals surface area contributed by atoms with Crippen molar-refractivity contribution in [2.24, 2.45) is 0 Å². The Hall–Kier alpha value is -2.03. The Morgan fingerprint density at radius 2 is 2.00 bits per heavy atom. The Bertz CT molecular complexity index is 696. The van der Waals surface area contributed by atoms with Crippen LogP contribution in [0.15, 0.2) is 46.9 Å². The van der Waals surface area contributed by atoms with Gasteiger partial charge in [-0.3, -0.25) is 4.79 Å². The molecule has 0 fully saturated rings. The predicted molar refractivity (Wildman–Crippen MR) is 84.4 cm³/mol. The molecule has 4 nitrogen and oxygen atoms in total. The largest absolute Gasteiger partial charge is 0.484 e. The fraction of sp³-hybridized carbons (Fsp3) is 0.0667. The number of benzene rings is 2. The molecular formula is C15H10BrClN2O2. The van der Waals surface area contributed by atoms with Gasteiger partial charge in [0.1, 0.15) is 11.8 Å². The zero-order chi connectivity index (χ0) is 15.2. The number of nitrogens with zero attached hydrogens (tertiary/aromatic N) is 1. The Balaban J connectivity index is 1.91. The molecule has 2 rings (SSSR count). The summed E-state index contributed by atoms with van der Waals surface area (Å²) in [4.78, 5) is 11.8. The van der Waals surface area contributed by atoms with E-state index in [2.05, 4.69) is 21.2 Å². The third kappa shape index (κ3) is 4.48. The van der Waals surface area contributed by atoms with Crippen molar-refractivity contribution < 1.29 is 9.53 Å². The molecule has 0 aliphatic heterocycles. The quantitative estimate of drug-likeness (QED) is 0.891. The maximum absolute atomic E-state index is 11.8. The van der Waals surface area contributed by atoms with E-state index < -0.39 is 0 Å². The van der Waals surface area contributed by atoms with E-state index in [1.165, 1.54) is 6.07 Å². The summed E-state index contributed by atoms with van der Waals surface area (Å²) in [6.07, 6.45) is 0. The van der Waals surface area contributed by atoms with E-state index in [9.17, 15) is 4.79 Å². The lowest BCUT2D eigenvalue weighted by molar-refractivity contribution is -0.118. The average Bonchev–Trinajstić information content (AvgIpc) is 2.47. The second-order valence-electron chi connectivity index (χ2n) is 4.10. The number of nitrogens with one attached hydrogen (secondary N) is 1. The highest BCUT2D eigenvalue weighted by atomic mass is 79.9. The first-order valence-corrected chi connectivity index (χ1v) is 7.13. The molecule has 0 aliphatic carbocycles. The van der Waals surface area contributed by atoms with Crippen LogP contribution in [0.25, 0.3) is 0 Å². The summed E-state index contributed by atoms with van der Waals surface area (Å²) in [7, 11) is 0. The van der Waals surface area contributed by atoms with E-state index in [0.29, 0.717) is 22.0 Å². The lowest BCUT2D eigenvalue weighted by Gasteiger charge is -2.08. The van der Waals surface area contributed by atoms with Crippen LogP contribution in [-0.4, -0.2) is 12.5 Å². The molecule has 0 heterocycles. The monoisotopic (exact) mass is 364 g/mol. The number of carbonyl (C=O) groups is 1. The molecule has 0 unspecified atom stereocenters. The van der Waals surface area contributed by atoms with Crippen molar-refractivity contribution in [3.63, 3.8) is 0 Å². The van der Waals surface area contributed by atoms with E-state index in [1.807, 2.05) is 18.2 Å². The second kappa shape index (κ2) is 7.11. The lowest BCUT2D eigenvalue weighted by Crippen LogP contribution is -2.20. The van der Waals surface area contributed by atoms with E-state index in [1.54, 1.807) is 24.3 Å². The van der Waals surface area contributed by atoms with E-state index in [0.717, 1.165) is 4.47 Å². The summed E-state index contributed by atoms with van der Waals surface area (Å²) in [5, 5.41) is 11.7. The molecule has 106 valence electrons. The van der Waals surface area contributed by atoms with Crippen LogP contribution in [0, 0.1) is 11.3 Å². The molecule has 0 spiro atoms. The fourth-order valence-corrected chi connectivity index (χ4v) is 2.05. The summed E-state index contributed by atoms with van der Waals surface area (Å²) in [6.45, 7) is -0.112. The Morgan fingerprint density at radius 1 is 1.29 bits per heavy atom. The second-order valence-corrected chi connectivity index (χ2v) is 5.42. The minimum Gasteiger partial charge on any atom is -0.484 e. The van der Waals surface area contributed by atoms with Crippen LogP contribution in [-0.2, 0) is 4.79 Å². The third-order valence-electron chi connectivity index (χ3n) is 2.56. The smallest absolute Gasteiger partial charge is 0.262 e. The molecule has 21 heavy (non-hydrogen) atoms. The molecule has 0 radical (unpaired) electrons. The van der Waals surface area contributed by atoms with Crippen molar-refractivity contribution >= 4 is 39.1 Å².